The van der Waals surface area contributed by atoms with Crippen LogP contribution in [0.15, 0.2) is 12.1 Å². The molecule has 2 N–H and O–H groups in total. The Bertz CT molecular complexity index is 422. The molecular weight excluding hydrogens is 204 g/mol. The summed E-state index contributed by atoms with van der Waals surface area (Å²) in [6.07, 6.45) is 6.67. The van der Waals surface area contributed by atoms with Crippen LogP contribution in [-0.2, 0) is 0 Å². The second kappa shape index (κ2) is 5.76. The van der Waals surface area contributed by atoms with Crippen LogP contribution >= 0.6 is 0 Å². The molecule has 0 unspecified atom stereocenters. The van der Waals surface area contributed by atoms with Crippen molar-refractivity contribution in [3.05, 3.63) is 23.4 Å². The highest BCUT2D eigenvalue weighted by atomic mass is 16.4. The van der Waals surface area contributed by atoms with Crippen LogP contribution in [0.4, 0.5) is 5.82 Å². The Morgan fingerprint density at radius 2 is 2.38 bits per heavy atom. The number of unbranched alkanes of at least 4 members (excludes halogenated alkanes) is 1. The van der Waals surface area contributed by atoms with Gasteiger partial charge in [0.1, 0.15) is 5.82 Å². The highest BCUT2D eigenvalue weighted by molar-refractivity contribution is 5.88. The topological polar surface area (TPSA) is 62.2 Å². The summed E-state index contributed by atoms with van der Waals surface area (Å²) in [5, 5.41) is 11.9. The molecule has 16 heavy (non-hydrogen) atoms. The van der Waals surface area contributed by atoms with Gasteiger partial charge in [-0.1, -0.05) is 0 Å². The minimum atomic E-state index is -0.947. The highest BCUT2D eigenvalue weighted by Gasteiger charge is 2.05. The number of nitrogens with one attached hydrogen (secondary N) is 1. The Hall–Kier alpha value is -2.02. The lowest BCUT2D eigenvalue weighted by atomic mass is 10.2. The molecular formula is C12H14N2O2. The molecule has 0 spiro atoms. The highest BCUT2D eigenvalue weighted by Crippen LogP contribution is 2.10. The first-order valence-corrected chi connectivity index (χ1v) is 5.03. The zero-order chi connectivity index (χ0) is 12.0. The minimum absolute atomic E-state index is 0.243. The van der Waals surface area contributed by atoms with E-state index in [4.69, 9.17) is 11.5 Å². The number of carbonyl (C=O) groups is 1. The van der Waals surface area contributed by atoms with Crippen molar-refractivity contribution in [1.82, 2.24) is 4.98 Å². The molecule has 1 heterocycles. The Kier molecular flexibility index (Phi) is 4.34. The number of aryl methyl sites for hydroxylation is 1. The third kappa shape index (κ3) is 3.62. The van der Waals surface area contributed by atoms with Gasteiger partial charge in [-0.05, 0) is 25.5 Å². The number of aromatic carboxylic acids is 1. The van der Waals surface area contributed by atoms with E-state index in [9.17, 15) is 4.79 Å². The fourth-order valence-corrected chi connectivity index (χ4v) is 1.29. The Labute approximate surface area is 94.7 Å². The average molecular weight is 218 g/mol. The van der Waals surface area contributed by atoms with Gasteiger partial charge in [-0.2, -0.15) is 0 Å². The fraction of sp³-hybridized carbons (Fsp3) is 0.333. The number of carboxylic acids is 1. The summed E-state index contributed by atoms with van der Waals surface area (Å²) >= 11 is 0. The van der Waals surface area contributed by atoms with Crippen LogP contribution < -0.4 is 5.32 Å². The van der Waals surface area contributed by atoms with Gasteiger partial charge in [0.25, 0.3) is 0 Å². The van der Waals surface area contributed by atoms with Gasteiger partial charge >= 0.3 is 5.97 Å². The van der Waals surface area contributed by atoms with Gasteiger partial charge in [0.15, 0.2) is 0 Å². The molecule has 0 aliphatic carbocycles. The molecule has 0 saturated carbocycles. The third-order valence-electron chi connectivity index (χ3n) is 2.00. The van der Waals surface area contributed by atoms with Gasteiger partial charge in [-0.3, -0.25) is 0 Å². The quantitative estimate of drug-likeness (QED) is 0.585. The van der Waals surface area contributed by atoms with Crippen molar-refractivity contribution in [1.29, 1.82) is 0 Å². The molecule has 0 aliphatic rings. The summed E-state index contributed by atoms with van der Waals surface area (Å²) in [5.41, 5.74) is 0.922. The van der Waals surface area contributed by atoms with Gasteiger partial charge < -0.3 is 10.4 Å². The van der Waals surface area contributed by atoms with Crippen LogP contribution in [0.3, 0.4) is 0 Å². The maximum absolute atomic E-state index is 10.8. The van der Waals surface area contributed by atoms with Gasteiger partial charge in [-0.25, -0.2) is 9.78 Å². The molecule has 0 amide bonds. The van der Waals surface area contributed by atoms with Crippen molar-refractivity contribution in [2.24, 2.45) is 0 Å². The Morgan fingerprint density at radius 1 is 1.62 bits per heavy atom. The smallest absolute Gasteiger partial charge is 0.335 e. The largest absolute Gasteiger partial charge is 0.478 e. The molecule has 4 nitrogen and oxygen atoms in total. The molecule has 0 saturated heterocycles. The van der Waals surface area contributed by atoms with E-state index < -0.39 is 5.97 Å². The summed E-state index contributed by atoms with van der Waals surface area (Å²) < 4.78 is 0. The van der Waals surface area contributed by atoms with E-state index in [1.165, 1.54) is 12.1 Å². The molecule has 1 rings (SSSR count). The number of nitrogens with zero attached hydrogens (tertiary/aromatic N) is 1. The zero-order valence-electron chi connectivity index (χ0n) is 9.16. The van der Waals surface area contributed by atoms with Crippen LogP contribution in [0, 0.1) is 19.3 Å². The number of pyridine rings is 1. The summed E-state index contributed by atoms with van der Waals surface area (Å²) in [7, 11) is 0. The number of hydrogen-bond donors (Lipinski definition) is 2. The van der Waals surface area contributed by atoms with Crippen molar-refractivity contribution in [3.8, 4) is 12.3 Å². The van der Waals surface area contributed by atoms with Gasteiger partial charge in [-0.15, -0.1) is 12.3 Å². The number of carboxylic acid groups (broad SMARTS) is 1. The summed E-state index contributed by atoms with van der Waals surface area (Å²) in [4.78, 5) is 15.0. The lowest BCUT2D eigenvalue weighted by molar-refractivity contribution is 0.0696. The van der Waals surface area contributed by atoms with Crippen LogP contribution in [0.5, 0.6) is 0 Å². The lowest BCUT2D eigenvalue weighted by Crippen LogP contribution is -2.06. The molecule has 0 radical (unpaired) electrons. The van der Waals surface area contributed by atoms with E-state index in [2.05, 4.69) is 16.2 Å². The molecule has 84 valence electrons. The summed E-state index contributed by atoms with van der Waals surface area (Å²) in [6, 6.07) is 3.06. The van der Waals surface area contributed by atoms with E-state index in [1.807, 2.05) is 0 Å². The molecule has 1 aromatic heterocycles. The van der Waals surface area contributed by atoms with Crippen molar-refractivity contribution >= 4 is 11.8 Å². The van der Waals surface area contributed by atoms with Crippen molar-refractivity contribution < 1.29 is 9.90 Å². The first-order chi connectivity index (χ1) is 7.63. The monoisotopic (exact) mass is 218 g/mol. The molecule has 1 aromatic rings. The number of aromatic nitrogens is 1. The number of hydrogen-bond acceptors (Lipinski definition) is 3. The van der Waals surface area contributed by atoms with Crippen LogP contribution in [0.1, 0.15) is 28.9 Å². The van der Waals surface area contributed by atoms with E-state index in [0.29, 0.717) is 24.5 Å². The maximum Gasteiger partial charge on any atom is 0.335 e. The SMILES string of the molecule is C#CCCCNc1cc(C(=O)O)cc(C)n1. The van der Waals surface area contributed by atoms with E-state index in [-0.39, 0.29) is 5.56 Å². The lowest BCUT2D eigenvalue weighted by Gasteiger charge is -2.06. The predicted molar refractivity (Wildman–Crippen MR) is 62.5 cm³/mol. The first-order valence-electron chi connectivity index (χ1n) is 5.03. The molecule has 0 atom stereocenters. The number of rotatable bonds is 5. The van der Waals surface area contributed by atoms with Crippen LogP contribution in [-0.4, -0.2) is 22.6 Å². The van der Waals surface area contributed by atoms with Crippen LogP contribution in [0.2, 0.25) is 0 Å². The molecule has 4 heteroatoms. The van der Waals surface area contributed by atoms with E-state index in [0.717, 1.165) is 6.42 Å². The number of terminal acetylenes is 1. The zero-order valence-corrected chi connectivity index (χ0v) is 9.16. The van der Waals surface area contributed by atoms with Gasteiger partial charge in [0, 0.05) is 18.7 Å². The normalized spacial score (nSPS) is 9.50. The van der Waals surface area contributed by atoms with Crippen molar-refractivity contribution in [3.63, 3.8) is 0 Å². The van der Waals surface area contributed by atoms with Crippen molar-refractivity contribution in [2.45, 2.75) is 19.8 Å². The fourth-order valence-electron chi connectivity index (χ4n) is 1.29. The molecule has 0 aliphatic heterocycles. The van der Waals surface area contributed by atoms with Crippen molar-refractivity contribution in [2.75, 3.05) is 11.9 Å². The molecule has 0 aromatic carbocycles. The van der Waals surface area contributed by atoms with E-state index in [1.54, 1.807) is 6.92 Å². The van der Waals surface area contributed by atoms with Crippen LogP contribution in [0.25, 0.3) is 0 Å². The first kappa shape index (κ1) is 12.1. The minimum Gasteiger partial charge on any atom is -0.478 e. The standard InChI is InChI=1S/C12H14N2O2/c1-3-4-5-6-13-11-8-10(12(15)16)7-9(2)14-11/h1,7-8H,4-6H2,2H3,(H,13,14)(H,15,16). The summed E-state index contributed by atoms with van der Waals surface area (Å²) in [5.74, 6) is 2.17. The number of anilines is 1. The average Bonchev–Trinajstić information content (AvgIpc) is 2.23. The second-order valence-corrected chi connectivity index (χ2v) is 3.42. The van der Waals surface area contributed by atoms with Gasteiger partial charge in [0.2, 0.25) is 0 Å². The molecule has 0 fully saturated rings. The third-order valence-corrected chi connectivity index (χ3v) is 2.00. The Morgan fingerprint density at radius 3 is 3.00 bits per heavy atom. The second-order valence-electron chi connectivity index (χ2n) is 3.42. The molecule has 0 bridgehead atoms. The van der Waals surface area contributed by atoms with Gasteiger partial charge in [0.05, 0.1) is 5.56 Å². The van der Waals surface area contributed by atoms with E-state index >= 15 is 0 Å². The summed E-state index contributed by atoms with van der Waals surface area (Å²) in [6.45, 7) is 2.46. The predicted octanol–water partition coefficient (Wildman–Crippen LogP) is 1.91. The maximum atomic E-state index is 10.8. The Balaban J connectivity index is 2.66.